The standard InChI is InChI=1S/C24H27NO6S2/c1-30-19-11-17(12-20(13-19)31-2)14-25-15-18-7-6-10-22-24(18)23(16-32(22,26)27)33(28,29)21-8-4-3-5-9-21/h3-13,23,25-27H,14-16H2,1-2H3. The highest BCUT2D eigenvalue weighted by molar-refractivity contribution is 8.25. The number of benzene rings is 3. The summed E-state index contributed by atoms with van der Waals surface area (Å²) in [5, 5.41) is 2.31. The van der Waals surface area contributed by atoms with Crippen molar-refractivity contribution in [1.29, 1.82) is 0 Å². The van der Waals surface area contributed by atoms with Crippen LogP contribution in [0.5, 0.6) is 11.5 Å². The largest absolute Gasteiger partial charge is 0.497 e. The first-order chi connectivity index (χ1) is 15.8. The molecular weight excluding hydrogens is 462 g/mol. The van der Waals surface area contributed by atoms with Crippen molar-refractivity contribution in [1.82, 2.24) is 5.32 Å². The van der Waals surface area contributed by atoms with Crippen LogP contribution in [-0.4, -0.2) is 37.5 Å². The first-order valence-corrected chi connectivity index (χ1v) is 13.6. The van der Waals surface area contributed by atoms with Gasteiger partial charge < -0.3 is 14.8 Å². The van der Waals surface area contributed by atoms with Crippen molar-refractivity contribution in [3.63, 3.8) is 0 Å². The maximum Gasteiger partial charge on any atom is 0.187 e. The van der Waals surface area contributed by atoms with E-state index < -0.39 is 25.7 Å². The van der Waals surface area contributed by atoms with Crippen LogP contribution in [0.4, 0.5) is 0 Å². The molecule has 3 aromatic rings. The number of hydrogen-bond acceptors (Lipinski definition) is 7. The van der Waals surface area contributed by atoms with Gasteiger partial charge in [-0.05, 0) is 47.0 Å². The molecule has 176 valence electrons. The zero-order valence-electron chi connectivity index (χ0n) is 18.4. The van der Waals surface area contributed by atoms with E-state index in [1.807, 2.05) is 18.2 Å². The number of fused-ring (bicyclic) bond motifs is 1. The van der Waals surface area contributed by atoms with Gasteiger partial charge in [0.05, 0.1) is 29.8 Å². The van der Waals surface area contributed by atoms with E-state index in [1.54, 1.807) is 50.6 Å². The molecule has 1 atom stereocenters. The maximum atomic E-state index is 13.4. The van der Waals surface area contributed by atoms with E-state index in [1.165, 1.54) is 12.1 Å². The van der Waals surface area contributed by atoms with Crippen LogP contribution in [0, 0.1) is 0 Å². The van der Waals surface area contributed by atoms with Gasteiger partial charge in [0.2, 0.25) is 0 Å². The molecule has 1 unspecified atom stereocenters. The van der Waals surface area contributed by atoms with Crippen LogP contribution in [0.1, 0.15) is 21.9 Å². The lowest BCUT2D eigenvalue weighted by Crippen LogP contribution is -2.19. The Labute approximate surface area is 195 Å². The number of ether oxygens (including phenoxy) is 2. The zero-order valence-corrected chi connectivity index (χ0v) is 20.0. The van der Waals surface area contributed by atoms with Gasteiger partial charge in [-0.1, -0.05) is 30.3 Å². The summed E-state index contributed by atoms with van der Waals surface area (Å²) in [5.41, 5.74) is 2.15. The van der Waals surface area contributed by atoms with Crippen LogP contribution in [0.25, 0.3) is 0 Å². The van der Waals surface area contributed by atoms with Crippen molar-refractivity contribution >= 4 is 20.4 Å². The molecule has 3 N–H and O–H groups in total. The summed E-state index contributed by atoms with van der Waals surface area (Å²) in [5.74, 6) is 1.12. The van der Waals surface area contributed by atoms with Crippen molar-refractivity contribution in [3.8, 4) is 11.5 Å². The summed E-state index contributed by atoms with van der Waals surface area (Å²) in [7, 11) is -3.83. The predicted octanol–water partition coefficient (Wildman–Crippen LogP) is 4.63. The van der Waals surface area contributed by atoms with Gasteiger partial charge in [0.1, 0.15) is 16.7 Å². The minimum atomic E-state index is -3.80. The van der Waals surface area contributed by atoms with Gasteiger partial charge in [-0.2, -0.15) is 10.6 Å². The second-order valence-electron chi connectivity index (χ2n) is 7.83. The number of hydrogen-bond donors (Lipinski definition) is 3. The number of methoxy groups -OCH3 is 2. The first kappa shape index (κ1) is 23.6. The van der Waals surface area contributed by atoms with E-state index in [0.717, 1.165) is 11.1 Å². The van der Waals surface area contributed by atoms with Crippen molar-refractivity contribution in [2.24, 2.45) is 0 Å². The Bertz CT molecular complexity index is 1220. The van der Waals surface area contributed by atoms with Crippen LogP contribution in [0.2, 0.25) is 0 Å². The Balaban J connectivity index is 1.63. The van der Waals surface area contributed by atoms with Gasteiger partial charge in [0, 0.05) is 19.2 Å². The topological polar surface area (TPSA) is 105 Å². The quantitative estimate of drug-likeness (QED) is 0.424. The summed E-state index contributed by atoms with van der Waals surface area (Å²) in [6.45, 7) is 0.850. The van der Waals surface area contributed by atoms with Crippen molar-refractivity contribution in [2.75, 3.05) is 20.0 Å². The first-order valence-electron chi connectivity index (χ1n) is 10.4. The van der Waals surface area contributed by atoms with Crippen LogP contribution in [-0.2, 0) is 22.9 Å². The van der Waals surface area contributed by atoms with Gasteiger partial charge in [0.15, 0.2) is 9.84 Å². The minimum absolute atomic E-state index is 0.171. The van der Waals surface area contributed by atoms with E-state index >= 15 is 0 Å². The molecule has 0 aromatic heterocycles. The lowest BCUT2D eigenvalue weighted by atomic mass is 10.0. The molecule has 0 saturated carbocycles. The SMILES string of the molecule is COc1cc(CNCc2cccc3c2C(S(=O)(=O)c2ccccc2)CS3(O)O)cc(OC)c1. The van der Waals surface area contributed by atoms with Crippen LogP contribution < -0.4 is 14.8 Å². The van der Waals surface area contributed by atoms with Gasteiger partial charge in [0.25, 0.3) is 0 Å². The summed E-state index contributed by atoms with van der Waals surface area (Å²) in [6.07, 6.45) is 0. The third kappa shape index (κ3) is 4.73. The Morgan fingerprint density at radius 1 is 0.939 bits per heavy atom. The van der Waals surface area contributed by atoms with Crippen molar-refractivity contribution in [2.45, 2.75) is 28.1 Å². The summed E-state index contributed by atoms with van der Waals surface area (Å²) in [4.78, 5) is 0.485. The molecule has 1 aliphatic heterocycles. The number of nitrogens with one attached hydrogen (secondary N) is 1. The molecule has 1 aliphatic rings. The van der Waals surface area contributed by atoms with Gasteiger partial charge >= 0.3 is 0 Å². The van der Waals surface area contributed by atoms with Crippen LogP contribution in [0.3, 0.4) is 0 Å². The lowest BCUT2D eigenvalue weighted by Gasteiger charge is -2.27. The predicted molar refractivity (Wildman–Crippen MR) is 129 cm³/mol. The Morgan fingerprint density at radius 3 is 2.24 bits per heavy atom. The van der Waals surface area contributed by atoms with E-state index in [4.69, 9.17) is 9.47 Å². The molecule has 0 spiro atoms. The molecule has 0 amide bonds. The lowest BCUT2D eigenvalue weighted by molar-refractivity contribution is 0.393. The normalized spacial score (nSPS) is 17.9. The Kier molecular flexibility index (Phi) is 6.69. The van der Waals surface area contributed by atoms with Gasteiger partial charge in [-0.25, -0.2) is 8.42 Å². The molecule has 0 bridgehead atoms. The third-order valence-corrected chi connectivity index (χ3v) is 9.87. The highest BCUT2D eigenvalue weighted by Crippen LogP contribution is 2.62. The van der Waals surface area contributed by atoms with E-state index in [9.17, 15) is 17.5 Å². The molecule has 0 saturated heterocycles. The molecular formula is C24H27NO6S2. The minimum Gasteiger partial charge on any atom is -0.497 e. The fourth-order valence-electron chi connectivity index (χ4n) is 4.11. The second-order valence-corrected chi connectivity index (χ2v) is 12.1. The molecule has 0 radical (unpaired) electrons. The fourth-order valence-corrected chi connectivity index (χ4v) is 8.61. The second kappa shape index (κ2) is 9.36. The van der Waals surface area contributed by atoms with Crippen molar-refractivity contribution < 1.29 is 27.0 Å². The van der Waals surface area contributed by atoms with E-state index in [2.05, 4.69) is 5.32 Å². The average molecular weight is 490 g/mol. The molecule has 0 fully saturated rings. The zero-order chi connectivity index (χ0) is 23.6. The maximum absolute atomic E-state index is 13.4. The van der Waals surface area contributed by atoms with Crippen LogP contribution >= 0.6 is 10.6 Å². The number of rotatable bonds is 8. The Morgan fingerprint density at radius 2 is 1.61 bits per heavy atom. The molecule has 0 aliphatic carbocycles. The summed E-state index contributed by atoms with van der Waals surface area (Å²) in [6, 6.07) is 18.9. The molecule has 7 nitrogen and oxygen atoms in total. The fraction of sp³-hybridized carbons (Fsp3) is 0.250. The van der Waals surface area contributed by atoms with Gasteiger partial charge in [-0.15, -0.1) is 0 Å². The summed E-state index contributed by atoms with van der Waals surface area (Å²) < 4.78 is 58.8. The average Bonchev–Trinajstić information content (AvgIpc) is 3.11. The van der Waals surface area contributed by atoms with E-state index in [-0.39, 0.29) is 10.6 Å². The highest BCUT2D eigenvalue weighted by atomic mass is 32.3. The molecule has 9 heteroatoms. The monoisotopic (exact) mass is 489 g/mol. The third-order valence-electron chi connectivity index (χ3n) is 5.72. The summed E-state index contributed by atoms with van der Waals surface area (Å²) >= 11 is 0. The molecule has 33 heavy (non-hydrogen) atoms. The molecule has 1 heterocycles. The highest BCUT2D eigenvalue weighted by Gasteiger charge is 2.44. The van der Waals surface area contributed by atoms with E-state index in [0.29, 0.717) is 35.0 Å². The Hall–Kier alpha value is -2.56. The van der Waals surface area contributed by atoms with Crippen LogP contribution in [0.15, 0.2) is 76.5 Å². The smallest absolute Gasteiger partial charge is 0.187 e. The molecule has 3 aromatic carbocycles. The van der Waals surface area contributed by atoms with Crippen molar-refractivity contribution in [3.05, 3.63) is 83.4 Å². The molecule has 4 rings (SSSR count). The number of sulfone groups is 1. The van der Waals surface area contributed by atoms with Gasteiger partial charge in [-0.3, -0.25) is 9.11 Å².